The van der Waals surface area contributed by atoms with Crippen LogP contribution in [0.25, 0.3) is 0 Å². The second kappa shape index (κ2) is 7.81. The highest BCUT2D eigenvalue weighted by Crippen LogP contribution is 2.30. The van der Waals surface area contributed by atoms with Gasteiger partial charge in [-0.15, -0.1) is 0 Å². The first-order valence-corrected chi connectivity index (χ1v) is 8.33. The minimum absolute atomic E-state index is 0.229. The summed E-state index contributed by atoms with van der Waals surface area (Å²) in [5.74, 6) is 1.63. The van der Waals surface area contributed by atoms with Crippen LogP contribution in [0.4, 0.5) is 0 Å². The lowest BCUT2D eigenvalue weighted by Gasteiger charge is -2.31. The lowest BCUT2D eigenvalue weighted by Crippen LogP contribution is -2.39. The molecular formula is C18H30N2O. The third-order valence-corrected chi connectivity index (χ3v) is 4.48. The minimum atomic E-state index is 0.229. The second-order valence-corrected chi connectivity index (χ2v) is 6.37. The molecule has 3 heteroatoms. The lowest BCUT2D eigenvalue weighted by molar-refractivity contribution is 0.162. The average molecular weight is 290 g/mol. The predicted molar refractivity (Wildman–Crippen MR) is 88.5 cm³/mol. The number of nitrogens with zero attached hydrogens (tertiary/aromatic N) is 1. The van der Waals surface area contributed by atoms with Crippen molar-refractivity contribution >= 4 is 0 Å². The van der Waals surface area contributed by atoms with Gasteiger partial charge in [0.1, 0.15) is 5.75 Å². The molecule has 0 spiro atoms. The first kappa shape index (κ1) is 16.3. The standard InChI is InChI=1S/C18H30N2O/c1-4-20(18-7-5-6-16(18)12-19)13-15-8-10-17(11-9-15)21-14(2)3/h8-11,14,16,18H,4-7,12-13,19H2,1-3H3. The molecule has 1 aromatic rings. The van der Waals surface area contributed by atoms with Gasteiger partial charge in [0.15, 0.2) is 0 Å². The number of hydrogen-bond acceptors (Lipinski definition) is 3. The predicted octanol–water partition coefficient (Wildman–Crippen LogP) is 3.42. The van der Waals surface area contributed by atoms with Crippen molar-refractivity contribution in [3.8, 4) is 5.75 Å². The Morgan fingerprint density at radius 2 is 1.95 bits per heavy atom. The van der Waals surface area contributed by atoms with E-state index in [2.05, 4.69) is 49.9 Å². The molecule has 21 heavy (non-hydrogen) atoms. The van der Waals surface area contributed by atoms with Gasteiger partial charge in [-0.3, -0.25) is 4.90 Å². The zero-order valence-electron chi connectivity index (χ0n) is 13.7. The summed E-state index contributed by atoms with van der Waals surface area (Å²) in [6.07, 6.45) is 4.14. The van der Waals surface area contributed by atoms with Gasteiger partial charge in [0.2, 0.25) is 0 Å². The van der Waals surface area contributed by atoms with Crippen LogP contribution in [0.15, 0.2) is 24.3 Å². The van der Waals surface area contributed by atoms with Gasteiger partial charge in [0, 0.05) is 12.6 Å². The van der Waals surface area contributed by atoms with Crippen molar-refractivity contribution in [3.63, 3.8) is 0 Å². The van der Waals surface area contributed by atoms with Crippen LogP contribution < -0.4 is 10.5 Å². The van der Waals surface area contributed by atoms with Crippen molar-refractivity contribution in [2.24, 2.45) is 11.7 Å². The molecule has 118 valence electrons. The number of nitrogens with two attached hydrogens (primary N) is 1. The molecule has 0 radical (unpaired) electrons. The third kappa shape index (κ3) is 4.45. The summed E-state index contributed by atoms with van der Waals surface area (Å²) in [5, 5.41) is 0. The first-order valence-electron chi connectivity index (χ1n) is 8.33. The Morgan fingerprint density at radius 3 is 2.52 bits per heavy atom. The van der Waals surface area contributed by atoms with Crippen LogP contribution in [-0.4, -0.2) is 30.1 Å². The van der Waals surface area contributed by atoms with Crippen molar-refractivity contribution in [3.05, 3.63) is 29.8 Å². The van der Waals surface area contributed by atoms with Gasteiger partial charge in [-0.1, -0.05) is 25.5 Å². The normalized spacial score (nSPS) is 22.2. The molecule has 0 saturated heterocycles. The first-order chi connectivity index (χ1) is 10.1. The smallest absolute Gasteiger partial charge is 0.119 e. The molecule has 0 aliphatic heterocycles. The van der Waals surface area contributed by atoms with E-state index >= 15 is 0 Å². The van der Waals surface area contributed by atoms with Gasteiger partial charge < -0.3 is 10.5 Å². The van der Waals surface area contributed by atoms with E-state index in [0.29, 0.717) is 12.0 Å². The Balaban J connectivity index is 1.98. The van der Waals surface area contributed by atoms with Crippen LogP contribution in [0.5, 0.6) is 5.75 Å². The van der Waals surface area contributed by atoms with E-state index in [4.69, 9.17) is 10.5 Å². The van der Waals surface area contributed by atoms with Crippen LogP contribution in [-0.2, 0) is 6.54 Å². The number of rotatable bonds is 7. The maximum atomic E-state index is 5.93. The summed E-state index contributed by atoms with van der Waals surface area (Å²) < 4.78 is 5.70. The number of hydrogen-bond donors (Lipinski definition) is 1. The second-order valence-electron chi connectivity index (χ2n) is 6.37. The van der Waals surface area contributed by atoms with Gasteiger partial charge in [-0.2, -0.15) is 0 Å². The highest BCUT2D eigenvalue weighted by molar-refractivity contribution is 5.27. The molecule has 0 bridgehead atoms. The van der Waals surface area contributed by atoms with Crippen LogP contribution >= 0.6 is 0 Å². The molecular weight excluding hydrogens is 260 g/mol. The van der Waals surface area contributed by atoms with E-state index in [9.17, 15) is 0 Å². The van der Waals surface area contributed by atoms with E-state index < -0.39 is 0 Å². The average Bonchev–Trinajstić information content (AvgIpc) is 2.94. The fraction of sp³-hybridized carbons (Fsp3) is 0.667. The Morgan fingerprint density at radius 1 is 1.24 bits per heavy atom. The Labute approximate surface area is 129 Å². The molecule has 0 amide bonds. The summed E-state index contributed by atoms with van der Waals surface area (Å²) in [6, 6.07) is 9.20. The van der Waals surface area contributed by atoms with Crippen LogP contribution in [0.3, 0.4) is 0 Å². The van der Waals surface area contributed by atoms with Gasteiger partial charge in [0.05, 0.1) is 6.10 Å². The molecule has 2 atom stereocenters. The Bertz CT molecular complexity index is 416. The minimum Gasteiger partial charge on any atom is -0.491 e. The Hall–Kier alpha value is -1.06. The zero-order chi connectivity index (χ0) is 15.2. The molecule has 2 rings (SSSR count). The molecule has 1 aliphatic rings. The van der Waals surface area contributed by atoms with Crippen molar-refractivity contribution in [1.29, 1.82) is 0 Å². The summed E-state index contributed by atoms with van der Waals surface area (Å²) >= 11 is 0. The van der Waals surface area contributed by atoms with Crippen molar-refractivity contribution in [2.45, 2.75) is 58.7 Å². The van der Waals surface area contributed by atoms with Gasteiger partial charge in [0.25, 0.3) is 0 Å². The summed E-state index contributed by atoms with van der Waals surface area (Å²) in [4.78, 5) is 2.59. The third-order valence-electron chi connectivity index (χ3n) is 4.48. The van der Waals surface area contributed by atoms with Gasteiger partial charge >= 0.3 is 0 Å². The largest absolute Gasteiger partial charge is 0.491 e. The molecule has 1 aliphatic carbocycles. The fourth-order valence-electron chi connectivity index (χ4n) is 3.42. The van der Waals surface area contributed by atoms with E-state index in [-0.39, 0.29) is 6.10 Å². The fourth-order valence-corrected chi connectivity index (χ4v) is 3.42. The van der Waals surface area contributed by atoms with Gasteiger partial charge in [-0.05, 0) is 63.4 Å². The van der Waals surface area contributed by atoms with Crippen molar-refractivity contribution in [2.75, 3.05) is 13.1 Å². The zero-order valence-corrected chi connectivity index (χ0v) is 13.7. The summed E-state index contributed by atoms with van der Waals surface area (Å²) in [6.45, 7) is 9.29. The molecule has 0 aromatic heterocycles. The highest BCUT2D eigenvalue weighted by Gasteiger charge is 2.30. The van der Waals surface area contributed by atoms with E-state index in [1.807, 2.05) is 0 Å². The van der Waals surface area contributed by atoms with Crippen LogP contribution in [0.2, 0.25) is 0 Å². The van der Waals surface area contributed by atoms with Crippen molar-refractivity contribution in [1.82, 2.24) is 4.90 Å². The number of ether oxygens (including phenoxy) is 1. The molecule has 2 unspecified atom stereocenters. The maximum Gasteiger partial charge on any atom is 0.119 e. The molecule has 1 aromatic carbocycles. The van der Waals surface area contributed by atoms with E-state index in [0.717, 1.165) is 25.4 Å². The maximum absolute atomic E-state index is 5.93. The summed E-state index contributed by atoms with van der Waals surface area (Å²) in [7, 11) is 0. The molecule has 1 fully saturated rings. The molecule has 2 N–H and O–H groups in total. The SMILES string of the molecule is CCN(Cc1ccc(OC(C)C)cc1)C1CCCC1CN. The number of benzene rings is 1. The quantitative estimate of drug-likeness (QED) is 0.836. The van der Waals surface area contributed by atoms with Crippen LogP contribution in [0.1, 0.15) is 45.6 Å². The monoisotopic (exact) mass is 290 g/mol. The van der Waals surface area contributed by atoms with Gasteiger partial charge in [-0.25, -0.2) is 0 Å². The van der Waals surface area contributed by atoms with E-state index in [1.165, 1.54) is 24.8 Å². The van der Waals surface area contributed by atoms with Crippen molar-refractivity contribution < 1.29 is 4.74 Å². The lowest BCUT2D eigenvalue weighted by atomic mass is 10.0. The summed E-state index contributed by atoms with van der Waals surface area (Å²) in [5.41, 5.74) is 7.29. The topological polar surface area (TPSA) is 38.5 Å². The Kier molecular flexibility index (Phi) is 6.07. The molecule has 0 heterocycles. The highest BCUT2D eigenvalue weighted by atomic mass is 16.5. The van der Waals surface area contributed by atoms with E-state index in [1.54, 1.807) is 0 Å². The van der Waals surface area contributed by atoms with Crippen LogP contribution in [0, 0.1) is 5.92 Å². The molecule has 3 nitrogen and oxygen atoms in total. The molecule has 1 saturated carbocycles.